The van der Waals surface area contributed by atoms with E-state index in [2.05, 4.69) is 93.8 Å². The van der Waals surface area contributed by atoms with Crippen LogP contribution in [0.25, 0.3) is 11.1 Å². The van der Waals surface area contributed by atoms with E-state index in [4.69, 9.17) is 9.53 Å². The standard InChI is InChI=1S/C28H32N2OS.C2H6.CH3NO/c1-2-5-24(6-3-1)27-7-4-16-29(22-27)21-23-8-10-25(11-9-23)26-12-14-28(15-13-26)32-30-17-19-31-20-18-30;1-2;2-1-3/h1-3,5-6,8-15,27H,4,7,16-22H2;1-2H3;1H,(H2,2,3). The van der Waals surface area contributed by atoms with Crippen molar-refractivity contribution in [2.45, 2.75) is 44.0 Å². The van der Waals surface area contributed by atoms with Gasteiger partial charge in [0.15, 0.2) is 0 Å². The summed E-state index contributed by atoms with van der Waals surface area (Å²) in [5.41, 5.74) is 9.63. The topological polar surface area (TPSA) is 58.8 Å². The normalized spacial score (nSPS) is 18.1. The van der Waals surface area contributed by atoms with Crippen molar-refractivity contribution < 1.29 is 9.53 Å². The van der Waals surface area contributed by atoms with Gasteiger partial charge in [-0.25, -0.2) is 4.31 Å². The number of hydrogen-bond donors (Lipinski definition) is 1. The van der Waals surface area contributed by atoms with Gasteiger partial charge in [0.25, 0.3) is 0 Å². The Bertz CT molecular complexity index is 1020. The number of rotatable bonds is 6. The molecule has 37 heavy (non-hydrogen) atoms. The number of nitrogens with zero attached hydrogens (tertiary/aromatic N) is 2. The lowest BCUT2D eigenvalue weighted by atomic mass is 9.90. The summed E-state index contributed by atoms with van der Waals surface area (Å²) >= 11 is 1.84. The van der Waals surface area contributed by atoms with Crippen molar-refractivity contribution in [3.8, 4) is 11.1 Å². The van der Waals surface area contributed by atoms with Crippen molar-refractivity contribution >= 4 is 18.4 Å². The predicted molar refractivity (Wildman–Crippen MR) is 155 cm³/mol. The molecule has 3 aromatic carbocycles. The highest BCUT2D eigenvalue weighted by Crippen LogP contribution is 2.29. The van der Waals surface area contributed by atoms with Crippen LogP contribution in [0.15, 0.2) is 83.8 Å². The molecule has 0 bridgehead atoms. The lowest BCUT2D eigenvalue weighted by Crippen LogP contribution is -2.33. The number of nitrogens with two attached hydrogens (primary N) is 1. The molecule has 1 unspecified atom stereocenters. The summed E-state index contributed by atoms with van der Waals surface area (Å²) in [6.45, 7) is 11.1. The Hall–Kier alpha value is -2.64. The Morgan fingerprint density at radius 3 is 2.11 bits per heavy atom. The number of likely N-dealkylation sites (tertiary alicyclic amines) is 1. The molecule has 0 spiro atoms. The van der Waals surface area contributed by atoms with E-state index < -0.39 is 0 Å². The molecule has 2 saturated heterocycles. The Kier molecular flexibility index (Phi) is 12.7. The lowest BCUT2D eigenvalue weighted by Gasteiger charge is -2.33. The molecule has 2 fully saturated rings. The van der Waals surface area contributed by atoms with Gasteiger partial charge in [0.2, 0.25) is 6.41 Å². The van der Waals surface area contributed by atoms with Crippen molar-refractivity contribution in [2.24, 2.45) is 5.73 Å². The van der Waals surface area contributed by atoms with Crippen LogP contribution in [0.4, 0.5) is 0 Å². The van der Waals surface area contributed by atoms with E-state index >= 15 is 0 Å². The lowest BCUT2D eigenvalue weighted by molar-refractivity contribution is -0.106. The van der Waals surface area contributed by atoms with Gasteiger partial charge in [-0.1, -0.05) is 80.6 Å². The number of piperidine rings is 1. The molecule has 0 aliphatic carbocycles. The third kappa shape index (κ3) is 9.31. The summed E-state index contributed by atoms with van der Waals surface area (Å²) in [4.78, 5) is 12.5. The highest BCUT2D eigenvalue weighted by molar-refractivity contribution is 7.97. The second kappa shape index (κ2) is 16.3. The van der Waals surface area contributed by atoms with Crippen LogP contribution < -0.4 is 5.73 Å². The van der Waals surface area contributed by atoms with Gasteiger partial charge in [0, 0.05) is 31.1 Å². The number of ether oxygens (including phenoxy) is 1. The van der Waals surface area contributed by atoms with Gasteiger partial charge in [-0.2, -0.15) is 0 Å². The average molecular weight is 520 g/mol. The second-order valence-corrected chi connectivity index (χ2v) is 10.1. The Morgan fingerprint density at radius 1 is 0.892 bits per heavy atom. The smallest absolute Gasteiger partial charge is 0.204 e. The Morgan fingerprint density at radius 2 is 1.49 bits per heavy atom. The summed E-state index contributed by atoms with van der Waals surface area (Å²) in [6.07, 6.45) is 2.84. The number of benzene rings is 3. The molecule has 5 rings (SSSR count). The molecular weight excluding hydrogens is 478 g/mol. The van der Waals surface area contributed by atoms with Gasteiger partial charge in [0.05, 0.1) is 13.2 Å². The van der Waals surface area contributed by atoms with Crippen molar-refractivity contribution in [1.82, 2.24) is 9.21 Å². The second-order valence-electron chi connectivity index (χ2n) is 8.98. The van der Waals surface area contributed by atoms with Gasteiger partial charge >= 0.3 is 0 Å². The van der Waals surface area contributed by atoms with Crippen molar-refractivity contribution in [3.63, 3.8) is 0 Å². The van der Waals surface area contributed by atoms with Crippen LogP contribution in [0.1, 0.15) is 43.7 Å². The zero-order valence-corrected chi connectivity index (χ0v) is 23.0. The monoisotopic (exact) mass is 519 g/mol. The van der Waals surface area contributed by atoms with Crippen LogP contribution in [0.5, 0.6) is 0 Å². The maximum atomic E-state index is 8.58. The molecule has 1 amide bonds. The molecule has 0 saturated carbocycles. The minimum Gasteiger partial charge on any atom is -0.379 e. The van der Waals surface area contributed by atoms with Gasteiger partial charge in [-0.15, -0.1) is 0 Å². The quantitative estimate of drug-likeness (QED) is 0.310. The molecule has 1 atom stereocenters. The first-order chi connectivity index (χ1) is 18.2. The van der Waals surface area contributed by atoms with Crippen molar-refractivity contribution in [2.75, 3.05) is 39.4 Å². The molecule has 5 nitrogen and oxygen atoms in total. The van der Waals surface area contributed by atoms with E-state index in [1.54, 1.807) is 0 Å². The number of hydrogen-bond acceptors (Lipinski definition) is 5. The van der Waals surface area contributed by atoms with Crippen LogP contribution in [0.3, 0.4) is 0 Å². The summed E-state index contributed by atoms with van der Waals surface area (Å²) < 4.78 is 7.82. The highest BCUT2D eigenvalue weighted by Gasteiger charge is 2.21. The van der Waals surface area contributed by atoms with Crippen molar-refractivity contribution in [3.05, 3.63) is 90.0 Å². The first-order valence-corrected chi connectivity index (χ1v) is 14.1. The van der Waals surface area contributed by atoms with E-state index in [9.17, 15) is 0 Å². The van der Waals surface area contributed by atoms with Gasteiger partial charge in [0.1, 0.15) is 0 Å². The molecule has 0 radical (unpaired) electrons. The van der Waals surface area contributed by atoms with E-state index in [0.717, 1.165) is 39.4 Å². The highest BCUT2D eigenvalue weighted by atomic mass is 32.2. The van der Waals surface area contributed by atoms with Crippen LogP contribution in [0.2, 0.25) is 0 Å². The van der Waals surface area contributed by atoms with E-state index in [0.29, 0.717) is 5.92 Å². The minimum absolute atomic E-state index is 0.250. The first kappa shape index (κ1) is 28.9. The van der Waals surface area contributed by atoms with Crippen LogP contribution in [0, 0.1) is 0 Å². The van der Waals surface area contributed by atoms with Crippen LogP contribution >= 0.6 is 11.9 Å². The third-order valence-corrected chi connectivity index (χ3v) is 7.64. The van der Waals surface area contributed by atoms with Gasteiger partial charge < -0.3 is 10.5 Å². The Balaban J connectivity index is 0.000000711. The van der Waals surface area contributed by atoms with E-state index in [-0.39, 0.29) is 6.41 Å². The van der Waals surface area contributed by atoms with E-state index in [1.165, 1.54) is 46.5 Å². The number of amides is 1. The number of carbonyl (C=O) groups excluding carboxylic acids is 1. The molecule has 2 heterocycles. The number of primary amides is 1. The first-order valence-electron chi connectivity index (χ1n) is 13.4. The van der Waals surface area contributed by atoms with Crippen LogP contribution in [-0.4, -0.2) is 55.0 Å². The fraction of sp³-hybridized carbons (Fsp3) is 0.387. The number of morpholine rings is 1. The zero-order valence-electron chi connectivity index (χ0n) is 22.2. The number of carbonyl (C=O) groups is 1. The van der Waals surface area contributed by atoms with Crippen LogP contribution in [-0.2, 0) is 16.1 Å². The van der Waals surface area contributed by atoms with Gasteiger partial charge in [-0.3, -0.25) is 9.69 Å². The minimum atomic E-state index is 0.250. The molecular formula is C31H41N3O2S. The Labute approximate surface area is 227 Å². The molecule has 3 aromatic rings. The summed E-state index contributed by atoms with van der Waals surface area (Å²) in [6, 6.07) is 29.1. The summed E-state index contributed by atoms with van der Waals surface area (Å²) in [5, 5.41) is 0. The summed E-state index contributed by atoms with van der Waals surface area (Å²) in [5.74, 6) is 0.665. The fourth-order valence-electron chi connectivity index (χ4n) is 4.75. The molecule has 2 aliphatic rings. The van der Waals surface area contributed by atoms with E-state index in [1.807, 2.05) is 25.8 Å². The van der Waals surface area contributed by atoms with Gasteiger partial charge in [-0.05, 0) is 71.6 Å². The predicted octanol–water partition coefficient (Wildman–Crippen LogP) is 6.20. The summed E-state index contributed by atoms with van der Waals surface area (Å²) in [7, 11) is 0. The molecule has 198 valence electrons. The SMILES string of the molecule is CC.NC=O.c1ccc(C2CCCN(Cc3ccc(-c4ccc(SN5CCOCC5)cc4)cc3)C2)cc1. The average Bonchev–Trinajstić information content (AvgIpc) is 2.97. The maximum absolute atomic E-state index is 8.58. The molecule has 2 N–H and O–H groups in total. The molecule has 0 aromatic heterocycles. The molecule has 2 aliphatic heterocycles. The maximum Gasteiger partial charge on any atom is 0.204 e. The third-order valence-electron chi connectivity index (χ3n) is 6.53. The fourth-order valence-corrected chi connectivity index (χ4v) is 5.64. The molecule has 6 heteroatoms. The largest absolute Gasteiger partial charge is 0.379 e. The zero-order chi connectivity index (χ0) is 26.3. The van der Waals surface area contributed by atoms with Crippen molar-refractivity contribution in [1.29, 1.82) is 0 Å².